The first-order chi connectivity index (χ1) is 12.3. The number of rotatable bonds is 4. The average Bonchev–Trinajstić information content (AvgIpc) is 2.62. The van der Waals surface area contributed by atoms with E-state index in [1.165, 1.54) is 28.8 Å². The molecule has 134 valence electrons. The van der Waals surface area contributed by atoms with E-state index in [1.807, 2.05) is 24.3 Å². The molecule has 0 aliphatic rings. The molecule has 26 heavy (non-hydrogen) atoms. The summed E-state index contributed by atoms with van der Waals surface area (Å²) in [7, 11) is -2.13. The van der Waals surface area contributed by atoms with Crippen LogP contribution < -0.4 is 16.0 Å². The highest BCUT2D eigenvalue weighted by Gasteiger charge is 2.12. The normalized spacial score (nSPS) is 11.5. The summed E-state index contributed by atoms with van der Waals surface area (Å²) >= 11 is 0. The lowest BCUT2D eigenvalue weighted by Crippen LogP contribution is -2.29. The number of primary sulfonamides is 1. The number of amides is 1. The molecule has 1 amide bonds. The van der Waals surface area contributed by atoms with E-state index < -0.39 is 15.9 Å². The molecule has 3 N–H and O–H groups in total. The molecule has 3 aromatic rings. The van der Waals surface area contributed by atoms with E-state index >= 15 is 0 Å². The molecule has 0 spiro atoms. The van der Waals surface area contributed by atoms with Crippen LogP contribution in [-0.2, 0) is 23.6 Å². The Morgan fingerprint density at radius 1 is 1.12 bits per heavy atom. The molecule has 0 aliphatic heterocycles. The van der Waals surface area contributed by atoms with Crippen molar-refractivity contribution >= 4 is 26.8 Å². The fourth-order valence-electron chi connectivity index (χ4n) is 2.69. The van der Waals surface area contributed by atoms with Crippen molar-refractivity contribution in [3.8, 4) is 0 Å². The van der Waals surface area contributed by atoms with Crippen LogP contribution in [0.15, 0.2) is 64.3 Å². The third-order valence-electron chi connectivity index (χ3n) is 4.09. The van der Waals surface area contributed by atoms with Gasteiger partial charge in [-0.15, -0.1) is 0 Å². The van der Waals surface area contributed by atoms with Gasteiger partial charge in [-0.05, 0) is 41.8 Å². The summed E-state index contributed by atoms with van der Waals surface area (Å²) in [5.74, 6) is -0.416. The number of nitrogens with zero attached hydrogens (tertiary/aromatic N) is 1. The van der Waals surface area contributed by atoms with Gasteiger partial charge in [-0.25, -0.2) is 13.6 Å². The number of carbonyl (C=O) groups is 1. The minimum Gasteiger partial charge on any atom is -0.348 e. The second-order valence-electron chi connectivity index (χ2n) is 5.84. The summed E-state index contributed by atoms with van der Waals surface area (Å²) in [6, 6.07) is 14.5. The van der Waals surface area contributed by atoms with E-state index in [1.54, 1.807) is 13.1 Å². The minimum absolute atomic E-state index is 0.0628. The van der Waals surface area contributed by atoms with Crippen molar-refractivity contribution < 1.29 is 13.2 Å². The van der Waals surface area contributed by atoms with Crippen molar-refractivity contribution in [3.63, 3.8) is 0 Å². The molecular weight excluding hydrogens is 354 g/mol. The molecule has 0 saturated heterocycles. The highest BCUT2D eigenvalue weighted by Crippen LogP contribution is 2.13. The number of nitrogens with two attached hydrogens (primary N) is 1. The number of pyridine rings is 1. The third kappa shape index (κ3) is 3.51. The van der Waals surface area contributed by atoms with Gasteiger partial charge in [0.05, 0.1) is 10.4 Å². The Labute approximate surface area is 150 Å². The summed E-state index contributed by atoms with van der Waals surface area (Å²) in [6.45, 7) is 0.0628. The lowest BCUT2D eigenvalue weighted by atomic mass is 10.1. The Hall–Kier alpha value is -2.97. The number of hydrogen-bond acceptors (Lipinski definition) is 4. The molecule has 0 radical (unpaired) electrons. The van der Waals surface area contributed by atoms with Crippen molar-refractivity contribution in [2.45, 2.75) is 11.4 Å². The molecule has 0 fully saturated rings. The average molecular weight is 371 g/mol. The van der Waals surface area contributed by atoms with Gasteiger partial charge < -0.3 is 9.88 Å². The van der Waals surface area contributed by atoms with Crippen LogP contribution in [0.3, 0.4) is 0 Å². The number of nitrogens with one attached hydrogen (secondary N) is 1. The fraction of sp³-hybridized carbons (Fsp3) is 0.111. The maximum absolute atomic E-state index is 12.4. The van der Waals surface area contributed by atoms with Gasteiger partial charge in [-0.3, -0.25) is 9.59 Å². The van der Waals surface area contributed by atoms with Gasteiger partial charge in [0, 0.05) is 24.7 Å². The van der Waals surface area contributed by atoms with E-state index in [-0.39, 0.29) is 22.6 Å². The molecule has 0 atom stereocenters. The second kappa shape index (κ2) is 6.74. The molecule has 7 nitrogen and oxygen atoms in total. The number of hydrogen-bond donors (Lipinski definition) is 2. The zero-order chi connectivity index (χ0) is 18.9. The highest BCUT2D eigenvalue weighted by molar-refractivity contribution is 7.89. The number of carbonyl (C=O) groups excluding carboxylic acids is 1. The van der Waals surface area contributed by atoms with Crippen LogP contribution in [0, 0.1) is 0 Å². The number of sulfonamides is 1. The second-order valence-corrected chi connectivity index (χ2v) is 7.41. The fourth-order valence-corrected chi connectivity index (χ4v) is 3.20. The zero-order valence-electron chi connectivity index (χ0n) is 14.0. The Morgan fingerprint density at radius 3 is 2.42 bits per heavy atom. The summed E-state index contributed by atoms with van der Waals surface area (Å²) in [6.07, 6.45) is 0. The number of para-hydroxylation sites is 1. The van der Waals surface area contributed by atoms with Crippen molar-refractivity contribution in [1.29, 1.82) is 0 Å². The van der Waals surface area contributed by atoms with Crippen molar-refractivity contribution in [1.82, 2.24) is 9.88 Å². The van der Waals surface area contributed by atoms with Crippen LogP contribution in [0.5, 0.6) is 0 Å². The first-order valence-corrected chi connectivity index (χ1v) is 9.31. The van der Waals surface area contributed by atoms with Gasteiger partial charge in [0.25, 0.3) is 11.5 Å². The topological polar surface area (TPSA) is 111 Å². The Balaban J connectivity index is 1.81. The maximum Gasteiger partial charge on any atom is 0.255 e. The molecule has 2 aromatic carbocycles. The highest BCUT2D eigenvalue weighted by atomic mass is 32.2. The molecule has 0 unspecified atom stereocenters. The van der Waals surface area contributed by atoms with E-state index in [2.05, 4.69) is 5.32 Å². The standard InChI is InChI=1S/C18H17N3O4S/c1-21-16-5-3-2-4-13(16)10-14(18(21)23)11-20-17(22)12-6-8-15(9-7-12)26(19,24)25/h2-10H,11H2,1H3,(H,20,22)(H2,19,24,25). The molecule has 0 aliphatic carbocycles. The van der Waals surface area contributed by atoms with Gasteiger partial charge in [-0.2, -0.15) is 0 Å². The van der Waals surface area contributed by atoms with E-state index in [0.29, 0.717) is 5.56 Å². The molecule has 0 saturated carbocycles. The van der Waals surface area contributed by atoms with Gasteiger partial charge >= 0.3 is 0 Å². The van der Waals surface area contributed by atoms with Crippen molar-refractivity contribution in [2.24, 2.45) is 12.2 Å². The minimum atomic E-state index is -3.81. The number of aryl methyl sites for hydroxylation is 1. The Kier molecular flexibility index (Phi) is 4.62. The molecule has 8 heteroatoms. The smallest absolute Gasteiger partial charge is 0.255 e. The molecule has 0 bridgehead atoms. The molecule has 3 rings (SSSR count). The van der Waals surface area contributed by atoms with Gasteiger partial charge in [0.15, 0.2) is 0 Å². The summed E-state index contributed by atoms with van der Waals surface area (Å²) < 4.78 is 24.0. The van der Waals surface area contributed by atoms with Crippen LogP contribution in [0.4, 0.5) is 0 Å². The third-order valence-corrected chi connectivity index (χ3v) is 5.02. The first kappa shape index (κ1) is 17.8. The van der Waals surface area contributed by atoms with Gasteiger partial charge in [0.1, 0.15) is 0 Å². The first-order valence-electron chi connectivity index (χ1n) is 7.76. The monoisotopic (exact) mass is 371 g/mol. The summed E-state index contributed by atoms with van der Waals surface area (Å²) in [4.78, 5) is 24.6. The molecule has 1 aromatic heterocycles. The SMILES string of the molecule is Cn1c(=O)c(CNC(=O)c2ccc(S(N)(=O)=O)cc2)cc2ccccc21. The van der Waals surface area contributed by atoms with Gasteiger partial charge in [0.2, 0.25) is 10.0 Å². The Morgan fingerprint density at radius 2 is 1.77 bits per heavy atom. The van der Waals surface area contributed by atoms with Crippen LogP contribution in [0.25, 0.3) is 10.9 Å². The lowest BCUT2D eigenvalue weighted by Gasteiger charge is -2.10. The van der Waals surface area contributed by atoms with Crippen molar-refractivity contribution in [3.05, 3.63) is 76.1 Å². The van der Waals surface area contributed by atoms with Crippen LogP contribution >= 0.6 is 0 Å². The zero-order valence-corrected chi connectivity index (χ0v) is 14.8. The van der Waals surface area contributed by atoms with E-state index in [0.717, 1.165) is 10.9 Å². The Bertz CT molecular complexity index is 1150. The van der Waals surface area contributed by atoms with E-state index in [9.17, 15) is 18.0 Å². The van der Waals surface area contributed by atoms with Crippen LogP contribution in [0.1, 0.15) is 15.9 Å². The van der Waals surface area contributed by atoms with Crippen molar-refractivity contribution in [2.75, 3.05) is 0 Å². The van der Waals surface area contributed by atoms with Crippen LogP contribution in [-0.4, -0.2) is 18.9 Å². The largest absolute Gasteiger partial charge is 0.348 e. The van der Waals surface area contributed by atoms with Crippen LogP contribution in [0.2, 0.25) is 0 Å². The lowest BCUT2D eigenvalue weighted by molar-refractivity contribution is 0.0950. The molecule has 1 heterocycles. The van der Waals surface area contributed by atoms with Gasteiger partial charge in [-0.1, -0.05) is 18.2 Å². The number of fused-ring (bicyclic) bond motifs is 1. The quantitative estimate of drug-likeness (QED) is 0.716. The molecular formula is C18H17N3O4S. The van der Waals surface area contributed by atoms with E-state index in [4.69, 9.17) is 5.14 Å². The summed E-state index contributed by atoms with van der Waals surface area (Å²) in [5, 5.41) is 8.60. The summed E-state index contributed by atoms with van der Waals surface area (Å²) in [5.41, 5.74) is 1.36. The maximum atomic E-state index is 12.4. The predicted molar refractivity (Wildman–Crippen MR) is 98.2 cm³/mol. The number of aromatic nitrogens is 1. The number of benzene rings is 2. The predicted octanol–water partition coefficient (Wildman–Crippen LogP) is 1.12.